The Balaban J connectivity index is 1.36. The molecule has 0 aliphatic carbocycles. The molecule has 0 N–H and O–H groups in total. The molecule has 0 atom stereocenters. The molecule has 1 saturated heterocycles. The van der Waals surface area contributed by atoms with E-state index >= 15 is 0 Å². The highest BCUT2D eigenvalue weighted by atomic mass is 35.5. The number of aromatic nitrogens is 2. The first-order valence-electron chi connectivity index (χ1n) is 9.20. The maximum absolute atomic E-state index is 13.1. The zero-order valence-corrected chi connectivity index (χ0v) is 15.9. The van der Waals surface area contributed by atoms with Crippen LogP contribution in [0.5, 0.6) is 0 Å². The smallest absolute Gasteiger partial charge is 0.247 e. The van der Waals surface area contributed by atoms with Crippen molar-refractivity contribution in [2.45, 2.75) is 25.2 Å². The third-order valence-corrected chi connectivity index (χ3v) is 5.40. The Morgan fingerprint density at radius 2 is 1.82 bits per heavy atom. The minimum Gasteiger partial charge on any atom is -0.420 e. The molecule has 4 rings (SSSR count). The lowest BCUT2D eigenvalue weighted by atomic mass is 9.96. The highest BCUT2D eigenvalue weighted by Gasteiger charge is 2.27. The summed E-state index contributed by atoms with van der Waals surface area (Å²) in [5, 5.41) is 8.85. The van der Waals surface area contributed by atoms with Crippen LogP contribution >= 0.6 is 11.6 Å². The molecule has 1 aromatic heterocycles. The number of nitrogens with zero attached hydrogens (tertiary/aromatic N) is 3. The topological polar surface area (TPSA) is 59.2 Å². The maximum atomic E-state index is 13.1. The van der Waals surface area contributed by atoms with Crippen LogP contribution in [0.1, 0.15) is 30.2 Å². The standard InChI is InChI=1S/C21H19ClFN3O2/c22-18-4-2-1-3-16(18)13-19(27)26-11-9-15(10-12-26)21-25-24-20(28-21)14-5-7-17(23)8-6-14/h1-8,15H,9-13H2. The molecule has 7 heteroatoms. The number of carbonyl (C=O) groups is 1. The van der Waals surface area contributed by atoms with Gasteiger partial charge < -0.3 is 9.32 Å². The molecule has 1 aliphatic heterocycles. The summed E-state index contributed by atoms with van der Waals surface area (Å²) < 4.78 is 18.8. The lowest BCUT2D eigenvalue weighted by Crippen LogP contribution is -2.38. The Bertz CT molecular complexity index is 966. The van der Waals surface area contributed by atoms with Gasteiger partial charge in [-0.25, -0.2) is 4.39 Å². The molecule has 5 nitrogen and oxygen atoms in total. The van der Waals surface area contributed by atoms with E-state index in [4.69, 9.17) is 16.0 Å². The number of amides is 1. The molecule has 1 fully saturated rings. The molecule has 1 amide bonds. The first-order chi connectivity index (χ1) is 13.6. The normalized spacial score (nSPS) is 15.0. The quantitative estimate of drug-likeness (QED) is 0.649. The molecule has 0 spiro atoms. The average molecular weight is 400 g/mol. The van der Waals surface area contributed by atoms with Gasteiger partial charge in [-0.1, -0.05) is 29.8 Å². The number of benzene rings is 2. The lowest BCUT2D eigenvalue weighted by molar-refractivity contribution is -0.131. The fourth-order valence-corrected chi connectivity index (χ4v) is 3.60. The predicted octanol–water partition coefficient (Wildman–Crippen LogP) is 4.48. The van der Waals surface area contributed by atoms with Gasteiger partial charge in [-0.2, -0.15) is 0 Å². The van der Waals surface area contributed by atoms with Crippen LogP contribution in [-0.4, -0.2) is 34.1 Å². The lowest BCUT2D eigenvalue weighted by Gasteiger charge is -2.30. The van der Waals surface area contributed by atoms with E-state index in [2.05, 4.69) is 10.2 Å². The third kappa shape index (κ3) is 4.07. The molecule has 1 aliphatic rings. The Morgan fingerprint density at radius 1 is 1.11 bits per heavy atom. The third-order valence-electron chi connectivity index (χ3n) is 5.03. The van der Waals surface area contributed by atoms with Crippen molar-refractivity contribution in [1.29, 1.82) is 0 Å². The van der Waals surface area contributed by atoms with Crippen LogP contribution in [0.3, 0.4) is 0 Å². The van der Waals surface area contributed by atoms with Crippen LogP contribution in [0, 0.1) is 5.82 Å². The molecule has 2 aromatic carbocycles. The number of halogens is 2. The van der Waals surface area contributed by atoms with Crippen molar-refractivity contribution in [1.82, 2.24) is 15.1 Å². The maximum Gasteiger partial charge on any atom is 0.247 e. The minimum absolute atomic E-state index is 0.0732. The predicted molar refractivity (Wildman–Crippen MR) is 103 cm³/mol. The molecular formula is C21H19ClFN3O2. The highest BCUT2D eigenvalue weighted by molar-refractivity contribution is 6.31. The van der Waals surface area contributed by atoms with Crippen LogP contribution in [0.4, 0.5) is 4.39 Å². The molecule has 0 bridgehead atoms. The van der Waals surface area contributed by atoms with E-state index in [1.54, 1.807) is 18.2 Å². The first kappa shape index (κ1) is 18.6. The van der Waals surface area contributed by atoms with E-state index in [0.717, 1.165) is 18.4 Å². The Morgan fingerprint density at radius 3 is 2.54 bits per heavy atom. The number of rotatable bonds is 4. The summed E-state index contributed by atoms with van der Waals surface area (Å²) in [5.74, 6) is 0.831. The second-order valence-electron chi connectivity index (χ2n) is 6.88. The van der Waals surface area contributed by atoms with E-state index in [1.807, 2.05) is 23.1 Å². The zero-order chi connectivity index (χ0) is 19.5. The van der Waals surface area contributed by atoms with Crippen molar-refractivity contribution in [3.05, 3.63) is 70.8 Å². The summed E-state index contributed by atoms with van der Waals surface area (Å²) in [4.78, 5) is 14.4. The van der Waals surface area contributed by atoms with Crippen molar-refractivity contribution >= 4 is 17.5 Å². The van der Waals surface area contributed by atoms with Crippen LogP contribution in [0.15, 0.2) is 52.9 Å². The van der Waals surface area contributed by atoms with Gasteiger partial charge in [-0.05, 0) is 48.7 Å². The van der Waals surface area contributed by atoms with E-state index in [1.165, 1.54) is 12.1 Å². The zero-order valence-electron chi connectivity index (χ0n) is 15.1. The number of likely N-dealkylation sites (tertiary alicyclic amines) is 1. The van der Waals surface area contributed by atoms with Gasteiger partial charge in [0.1, 0.15) is 5.82 Å². The van der Waals surface area contributed by atoms with Crippen LogP contribution < -0.4 is 0 Å². The first-order valence-corrected chi connectivity index (χ1v) is 9.58. The fourth-order valence-electron chi connectivity index (χ4n) is 3.40. The van der Waals surface area contributed by atoms with Crippen molar-refractivity contribution in [2.24, 2.45) is 0 Å². The number of carbonyl (C=O) groups excluding carboxylic acids is 1. The highest BCUT2D eigenvalue weighted by Crippen LogP contribution is 2.30. The van der Waals surface area contributed by atoms with Crippen molar-refractivity contribution in [3.63, 3.8) is 0 Å². The summed E-state index contributed by atoms with van der Waals surface area (Å²) in [7, 11) is 0. The molecule has 0 unspecified atom stereocenters. The van der Waals surface area contributed by atoms with E-state index in [0.29, 0.717) is 41.9 Å². The van der Waals surface area contributed by atoms with Gasteiger partial charge in [0.05, 0.1) is 6.42 Å². The second-order valence-corrected chi connectivity index (χ2v) is 7.28. The van der Waals surface area contributed by atoms with Crippen molar-refractivity contribution in [2.75, 3.05) is 13.1 Å². The summed E-state index contributed by atoms with van der Waals surface area (Å²) in [5.41, 5.74) is 1.53. The summed E-state index contributed by atoms with van der Waals surface area (Å²) in [6, 6.07) is 13.4. The van der Waals surface area contributed by atoms with Gasteiger partial charge >= 0.3 is 0 Å². The monoisotopic (exact) mass is 399 g/mol. The fraction of sp³-hybridized carbons (Fsp3) is 0.286. The van der Waals surface area contributed by atoms with Crippen LogP contribution in [0.25, 0.3) is 11.5 Å². The molecule has 144 valence electrons. The van der Waals surface area contributed by atoms with Gasteiger partial charge in [0.15, 0.2) is 0 Å². The second kappa shape index (κ2) is 8.10. The van der Waals surface area contributed by atoms with Gasteiger partial charge in [-0.3, -0.25) is 4.79 Å². The number of hydrogen-bond donors (Lipinski definition) is 0. The number of hydrogen-bond acceptors (Lipinski definition) is 4. The van der Waals surface area contributed by atoms with Crippen LogP contribution in [0.2, 0.25) is 5.02 Å². The Labute approximate surface area is 167 Å². The van der Waals surface area contributed by atoms with Crippen LogP contribution in [-0.2, 0) is 11.2 Å². The summed E-state index contributed by atoms with van der Waals surface area (Å²) in [6.07, 6.45) is 1.83. The van der Waals surface area contributed by atoms with Gasteiger partial charge in [0.25, 0.3) is 0 Å². The van der Waals surface area contributed by atoms with E-state index in [9.17, 15) is 9.18 Å². The van der Waals surface area contributed by atoms with Gasteiger partial charge in [0.2, 0.25) is 17.7 Å². The largest absolute Gasteiger partial charge is 0.420 e. The molecule has 0 saturated carbocycles. The number of piperidine rings is 1. The Hall–Kier alpha value is -2.73. The van der Waals surface area contributed by atoms with E-state index in [-0.39, 0.29) is 17.6 Å². The van der Waals surface area contributed by atoms with Crippen molar-refractivity contribution < 1.29 is 13.6 Å². The molecule has 2 heterocycles. The molecular weight excluding hydrogens is 381 g/mol. The Kier molecular flexibility index (Phi) is 5.39. The molecule has 28 heavy (non-hydrogen) atoms. The summed E-state index contributed by atoms with van der Waals surface area (Å²) >= 11 is 6.15. The van der Waals surface area contributed by atoms with Gasteiger partial charge in [-0.15, -0.1) is 10.2 Å². The molecule has 3 aromatic rings. The molecule has 0 radical (unpaired) electrons. The SMILES string of the molecule is O=C(Cc1ccccc1Cl)N1CCC(c2nnc(-c3ccc(F)cc3)o2)CC1. The van der Waals surface area contributed by atoms with Crippen molar-refractivity contribution in [3.8, 4) is 11.5 Å². The van der Waals surface area contributed by atoms with Gasteiger partial charge in [0, 0.05) is 29.6 Å². The average Bonchev–Trinajstić information content (AvgIpc) is 3.20. The summed E-state index contributed by atoms with van der Waals surface area (Å²) in [6.45, 7) is 1.28. The van der Waals surface area contributed by atoms with E-state index < -0.39 is 0 Å². The minimum atomic E-state index is -0.308.